The number of sulfonamides is 1. The molecule has 0 saturated heterocycles. The van der Waals surface area contributed by atoms with Gasteiger partial charge in [-0.05, 0) is 42.8 Å². The lowest BCUT2D eigenvalue weighted by Crippen LogP contribution is -2.23. The Hall–Kier alpha value is -2.32. The van der Waals surface area contributed by atoms with Crippen LogP contribution in [-0.2, 0) is 17.1 Å². The third kappa shape index (κ3) is 10.1. The minimum Gasteiger partial charge on any atom is -0.494 e. The quantitative estimate of drug-likeness (QED) is 0.120. The van der Waals surface area contributed by atoms with Gasteiger partial charge >= 0.3 is 0 Å². The van der Waals surface area contributed by atoms with E-state index in [0.29, 0.717) is 17.2 Å². The van der Waals surface area contributed by atoms with Gasteiger partial charge in [-0.1, -0.05) is 114 Å². The van der Waals surface area contributed by atoms with E-state index >= 15 is 0 Å². The van der Waals surface area contributed by atoms with Crippen molar-refractivity contribution in [3.05, 3.63) is 53.3 Å². The molecule has 0 atom stereocenters. The Bertz CT molecular complexity index is 1250. The molecule has 3 rings (SSSR count). The van der Waals surface area contributed by atoms with Gasteiger partial charge in [0.25, 0.3) is 10.0 Å². The second-order valence-electron chi connectivity index (χ2n) is 10.0. The van der Waals surface area contributed by atoms with Crippen LogP contribution in [0.2, 0.25) is 0 Å². The first kappa shape index (κ1) is 30.2. The van der Waals surface area contributed by atoms with Crippen molar-refractivity contribution < 1.29 is 13.2 Å². The van der Waals surface area contributed by atoms with Crippen molar-refractivity contribution in [3.8, 4) is 5.75 Å². The maximum atomic E-state index is 12.7. The van der Waals surface area contributed by atoms with Gasteiger partial charge in [0.2, 0.25) is 4.80 Å². The molecule has 0 spiro atoms. The number of hydrogen-bond donors (Lipinski definition) is 1. The molecule has 0 aliphatic heterocycles. The second-order valence-corrected chi connectivity index (χ2v) is 12.7. The number of ether oxygens (including phenoxy) is 1. The van der Waals surface area contributed by atoms with Gasteiger partial charge in [-0.25, -0.2) is 0 Å². The van der Waals surface area contributed by atoms with Gasteiger partial charge in [0.05, 0.1) is 21.7 Å². The lowest BCUT2D eigenvalue weighted by Gasteiger charge is -2.08. The van der Waals surface area contributed by atoms with Crippen molar-refractivity contribution in [3.63, 3.8) is 0 Å². The summed E-state index contributed by atoms with van der Waals surface area (Å²) >= 11 is 1.43. The van der Waals surface area contributed by atoms with Crippen molar-refractivity contribution in [1.82, 2.24) is 9.40 Å². The molecule has 1 heterocycles. The molecule has 0 radical (unpaired) electrons. The summed E-state index contributed by atoms with van der Waals surface area (Å²) in [5.74, 6) is 0.687. The van der Waals surface area contributed by atoms with Gasteiger partial charge in [-0.3, -0.25) is 0 Å². The van der Waals surface area contributed by atoms with Gasteiger partial charge in [0, 0.05) is 7.05 Å². The maximum Gasteiger partial charge on any atom is 0.276 e. The van der Waals surface area contributed by atoms with Crippen LogP contribution < -0.4 is 14.4 Å². The average Bonchev–Trinajstić information content (AvgIpc) is 3.25. The van der Waals surface area contributed by atoms with E-state index in [2.05, 4.69) is 16.9 Å². The third-order valence-corrected chi connectivity index (χ3v) is 9.21. The van der Waals surface area contributed by atoms with Crippen molar-refractivity contribution in [1.29, 1.82) is 0 Å². The Morgan fingerprint density at radius 2 is 1.34 bits per heavy atom. The van der Waals surface area contributed by atoms with E-state index in [-0.39, 0.29) is 4.90 Å². The van der Waals surface area contributed by atoms with E-state index in [1.165, 1.54) is 94.8 Å². The fourth-order valence-electron chi connectivity index (χ4n) is 4.54. The molecular formula is C30H45N3O3S2. The summed E-state index contributed by atoms with van der Waals surface area (Å²) < 4.78 is 34.1. The van der Waals surface area contributed by atoms with Crippen LogP contribution in [0.1, 0.15) is 96.8 Å². The average molecular weight is 560 g/mol. The van der Waals surface area contributed by atoms with Crippen LogP contribution in [0.4, 0.5) is 0 Å². The van der Waals surface area contributed by atoms with Crippen LogP contribution in [0.5, 0.6) is 5.75 Å². The first-order chi connectivity index (χ1) is 18.5. The zero-order chi connectivity index (χ0) is 27.1. The number of nitrogens with one attached hydrogen (secondary N) is 1. The lowest BCUT2D eigenvalue weighted by molar-refractivity contribution is 0.304. The number of benzene rings is 2. The Morgan fingerprint density at radius 1 is 0.789 bits per heavy atom. The van der Waals surface area contributed by atoms with Gasteiger partial charge in [0.15, 0.2) is 0 Å². The summed E-state index contributed by atoms with van der Waals surface area (Å²) in [5, 5.41) is 4.15. The predicted octanol–water partition coefficient (Wildman–Crippen LogP) is 7.89. The summed E-state index contributed by atoms with van der Waals surface area (Å²) in [7, 11) is -1.89. The van der Waals surface area contributed by atoms with E-state index < -0.39 is 10.0 Å². The first-order valence-corrected chi connectivity index (χ1v) is 16.6. The monoisotopic (exact) mass is 559 g/mol. The molecule has 38 heavy (non-hydrogen) atoms. The van der Waals surface area contributed by atoms with E-state index in [0.717, 1.165) is 16.6 Å². The van der Waals surface area contributed by atoms with Crippen molar-refractivity contribution >= 4 is 31.6 Å². The maximum absolute atomic E-state index is 12.7. The van der Waals surface area contributed by atoms with Crippen LogP contribution in [0, 0.1) is 0 Å². The van der Waals surface area contributed by atoms with Gasteiger partial charge in [0.1, 0.15) is 5.75 Å². The molecule has 3 aromatic rings. The largest absolute Gasteiger partial charge is 0.494 e. The molecule has 0 amide bonds. The van der Waals surface area contributed by atoms with Gasteiger partial charge in [-0.15, -0.1) is 5.10 Å². The molecule has 0 aliphatic carbocycles. The number of nitrogens with zero attached hydrogens (tertiary/aromatic N) is 2. The van der Waals surface area contributed by atoms with Gasteiger partial charge in [-0.2, -0.15) is 13.2 Å². The number of aromatic nitrogens is 1. The van der Waals surface area contributed by atoms with E-state index in [9.17, 15) is 8.42 Å². The molecule has 1 N–H and O–H groups in total. The summed E-state index contributed by atoms with van der Waals surface area (Å²) in [6, 6.07) is 14.4. The van der Waals surface area contributed by atoms with Crippen LogP contribution >= 0.6 is 11.3 Å². The normalized spacial score (nSPS) is 12.3. The second kappa shape index (κ2) is 16.6. The van der Waals surface area contributed by atoms with Crippen LogP contribution in [-0.4, -0.2) is 19.6 Å². The van der Waals surface area contributed by atoms with Gasteiger partial charge < -0.3 is 9.30 Å². The summed E-state index contributed by atoms with van der Waals surface area (Å²) in [6.45, 7) is 2.92. The van der Waals surface area contributed by atoms with Crippen molar-refractivity contribution in [2.24, 2.45) is 12.1 Å². The summed E-state index contributed by atoms with van der Waals surface area (Å²) in [5.41, 5.74) is 1.01. The molecule has 2 aromatic carbocycles. The Balaban J connectivity index is 1.28. The molecule has 0 fully saturated rings. The Labute approximate surface area is 233 Å². The number of thiazole rings is 1. The SMILES string of the molecule is CCCCCCCCCCCCCCCCOc1ccc(S(=O)(=O)N/N=c2\sc3ccccc3n2C)cc1. The lowest BCUT2D eigenvalue weighted by atomic mass is 10.0. The van der Waals surface area contributed by atoms with Crippen LogP contribution in [0.3, 0.4) is 0 Å². The summed E-state index contributed by atoms with van der Waals surface area (Å²) in [6.07, 6.45) is 18.6. The number of fused-ring (bicyclic) bond motifs is 1. The van der Waals surface area contributed by atoms with Crippen molar-refractivity contribution in [2.45, 2.75) is 102 Å². The van der Waals surface area contributed by atoms with Crippen LogP contribution in [0.25, 0.3) is 10.2 Å². The molecule has 210 valence electrons. The standard InChI is InChI=1S/C30H45N3O3S2/c1-3-4-5-6-7-8-9-10-11-12-13-14-15-18-25-36-26-21-23-27(24-22-26)38(34,35)32-31-30-33(2)28-19-16-17-20-29(28)37-30/h16-17,19-24,32H,3-15,18,25H2,1-2H3/b31-30-. The number of aryl methyl sites for hydroxylation is 1. The molecule has 0 aliphatic rings. The molecule has 0 saturated carbocycles. The molecule has 8 heteroatoms. The zero-order valence-corrected chi connectivity index (χ0v) is 24.8. The van der Waals surface area contributed by atoms with E-state index in [1.54, 1.807) is 24.3 Å². The number of rotatable bonds is 19. The Morgan fingerprint density at radius 3 is 1.92 bits per heavy atom. The predicted molar refractivity (Wildman–Crippen MR) is 159 cm³/mol. The van der Waals surface area contributed by atoms with E-state index in [1.807, 2.05) is 35.9 Å². The highest BCUT2D eigenvalue weighted by Gasteiger charge is 2.13. The minimum absolute atomic E-state index is 0.161. The molecule has 0 unspecified atom stereocenters. The molecular weight excluding hydrogens is 514 g/mol. The van der Waals surface area contributed by atoms with Crippen molar-refractivity contribution in [2.75, 3.05) is 6.61 Å². The topological polar surface area (TPSA) is 72.7 Å². The van der Waals surface area contributed by atoms with E-state index in [4.69, 9.17) is 4.74 Å². The van der Waals surface area contributed by atoms with Crippen LogP contribution in [0.15, 0.2) is 58.5 Å². The Kier molecular flexibility index (Phi) is 13.2. The first-order valence-electron chi connectivity index (χ1n) is 14.3. The number of unbranched alkanes of at least 4 members (excludes halogenated alkanes) is 13. The smallest absolute Gasteiger partial charge is 0.276 e. The third-order valence-electron chi connectivity index (χ3n) is 6.88. The number of hydrogen-bond acceptors (Lipinski definition) is 5. The number of para-hydroxylation sites is 1. The highest BCUT2D eigenvalue weighted by atomic mass is 32.2. The summed E-state index contributed by atoms with van der Waals surface area (Å²) in [4.78, 5) is 3.11. The highest BCUT2D eigenvalue weighted by Crippen LogP contribution is 2.18. The zero-order valence-electron chi connectivity index (χ0n) is 23.2. The fourth-order valence-corrected chi connectivity index (χ4v) is 6.39. The minimum atomic E-state index is -3.76. The highest BCUT2D eigenvalue weighted by molar-refractivity contribution is 7.89. The molecule has 0 bridgehead atoms. The molecule has 1 aromatic heterocycles. The molecule has 6 nitrogen and oxygen atoms in total. The fraction of sp³-hybridized carbons (Fsp3) is 0.567.